The average Bonchev–Trinajstić information content (AvgIpc) is 2.32. The number of hydrogen-bond acceptors (Lipinski definition) is 4. The highest BCUT2D eigenvalue weighted by Gasteiger charge is 2.34. The molecule has 102 valence electrons. The van der Waals surface area contributed by atoms with E-state index in [0.717, 1.165) is 0 Å². The summed E-state index contributed by atoms with van der Waals surface area (Å²) in [6, 6.07) is 4.36. The Bertz CT molecular complexity index is 443. The Morgan fingerprint density at radius 2 is 1.89 bits per heavy atom. The molecule has 0 saturated heterocycles. The molecule has 0 saturated carbocycles. The summed E-state index contributed by atoms with van der Waals surface area (Å²) in [6.07, 6.45) is 0. The molecule has 1 aromatic carbocycles. The van der Waals surface area contributed by atoms with Crippen molar-refractivity contribution in [2.24, 2.45) is 5.73 Å². The van der Waals surface area contributed by atoms with E-state index in [2.05, 4.69) is 0 Å². The van der Waals surface area contributed by atoms with Gasteiger partial charge in [-0.15, -0.1) is 0 Å². The predicted molar refractivity (Wildman–Crippen MR) is 68.9 cm³/mol. The molecule has 2 N–H and O–H groups in total. The van der Waals surface area contributed by atoms with E-state index in [4.69, 9.17) is 14.8 Å². The van der Waals surface area contributed by atoms with Crippen LogP contribution in [0.3, 0.4) is 0 Å². The SMILES string of the molecule is CCOP(=O)(OCC)[C@H](N)c1ccc(F)c(C)c1. The molecule has 0 aliphatic carbocycles. The summed E-state index contributed by atoms with van der Waals surface area (Å²) in [7, 11) is -3.41. The molecule has 1 aromatic rings. The number of rotatable bonds is 6. The van der Waals surface area contributed by atoms with Crippen molar-refractivity contribution < 1.29 is 18.0 Å². The van der Waals surface area contributed by atoms with Crippen LogP contribution in [0.1, 0.15) is 30.8 Å². The lowest BCUT2D eigenvalue weighted by Gasteiger charge is -2.23. The standard InChI is InChI=1S/C12H19FNO3P/c1-4-16-18(15,17-5-2)12(14)10-6-7-11(13)9(3)8-10/h6-8,12H,4-5,14H2,1-3H3/t12-/m0/s1. The van der Waals surface area contributed by atoms with Gasteiger partial charge in [0.2, 0.25) is 0 Å². The van der Waals surface area contributed by atoms with Crippen molar-refractivity contribution in [1.82, 2.24) is 0 Å². The first kappa shape index (κ1) is 15.3. The van der Waals surface area contributed by atoms with Crippen LogP contribution in [0.15, 0.2) is 18.2 Å². The van der Waals surface area contributed by atoms with Crippen molar-refractivity contribution in [1.29, 1.82) is 0 Å². The molecule has 0 aliphatic heterocycles. The highest BCUT2D eigenvalue weighted by Crippen LogP contribution is 2.58. The molecule has 0 fully saturated rings. The Hall–Kier alpha value is -0.740. The first-order chi connectivity index (χ1) is 8.44. The smallest absolute Gasteiger partial charge is 0.314 e. The Morgan fingerprint density at radius 1 is 1.33 bits per heavy atom. The van der Waals surface area contributed by atoms with E-state index in [9.17, 15) is 8.96 Å². The van der Waals surface area contributed by atoms with Gasteiger partial charge in [-0.3, -0.25) is 4.57 Å². The van der Waals surface area contributed by atoms with Crippen LogP contribution >= 0.6 is 7.60 Å². The minimum atomic E-state index is -3.41. The molecule has 0 aromatic heterocycles. The van der Waals surface area contributed by atoms with Crippen LogP contribution < -0.4 is 5.73 Å². The lowest BCUT2D eigenvalue weighted by Crippen LogP contribution is -2.15. The first-order valence-electron chi connectivity index (χ1n) is 5.85. The van der Waals surface area contributed by atoms with Gasteiger partial charge < -0.3 is 14.8 Å². The summed E-state index contributed by atoms with van der Waals surface area (Å²) < 4.78 is 36.0. The zero-order valence-corrected chi connectivity index (χ0v) is 11.7. The topological polar surface area (TPSA) is 61.5 Å². The minimum Gasteiger partial charge on any atom is -0.314 e. The van der Waals surface area contributed by atoms with Crippen molar-refractivity contribution in [2.45, 2.75) is 26.6 Å². The van der Waals surface area contributed by atoms with E-state index in [1.54, 1.807) is 26.8 Å². The summed E-state index contributed by atoms with van der Waals surface area (Å²) in [5.41, 5.74) is 6.92. The molecule has 0 amide bonds. The fraction of sp³-hybridized carbons (Fsp3) is 0.500. The predicted octanol–water partition coefficient (Wildman–Crippen LogP) is 3.36. The van der Waals surface area contributed by atoms with Crippen LogP contribution in [0.5, 0.6) is 0 Å². The maximum absolute atomic E-state index is 13.2. The molecular formula is C12H19FNO3P. The van der Waals surface area contributed by atoms with Crippen molar-refractivity contribution in [3.8, 4) is 0 Å². The fourth-order valence-electron chi connectivity index (χ4n) is 1.59. The van der Waals surface area contributed by atoms with E-state index in [1.165, 1.54) is 12.1 Å². The summed E-state index contributed by atoms with van der Waals surface area (Å²) in [6.45, 7) is 5.54. The lowest BCUT2D eigenvalue weighted by atomic mass is 10.1. The third-order valence-corrected chi connectivity index (χ3v) is 4.70. The van der Waals surface area contributed by atoms with Gasteiger partial charge in [-0.2, -0.15) is 0 Å². The van der Waals surface area contributed by atoms with Crippen LogP contribution in [-0.2, 0) is 13.6 Å². The second kappa shape index (κ2) is 6.43. The van der Waals surface area contributed by atoms with E-state index < -0.39 is 13.4 Å². The molecule has 0 bridgehead atoms. The van der Waals surface area contributed by atoms with Gasteiger partial charge in [0, 0.05) is 0 Å². The maximum atomic E-state index is 13.2. The number of nitrogens with two attached hydrogens (primary N) is 1. The summed E-state index contributed by atoms with van der Waals surface area (Å²) >= 11 is 0. The molecule has 0 radical (unpaired) electrons. The molecule has 4 nitrogen and oxygen atoms in total. The van der Waals surface area contributed by atoms with E-state index in [0.29, 0.717) is 11.1 Å². The number of hydrogen-bond donors (Lipinski definition) is 1. The average molecular weight is 275 g/mol. The molecule has 1 rings (SSSR count). The third kappa shape index (κ3) is 3.39. The molecule has 1 atom stereocenters. The number of aryl methyl sites for hydroxylation is 1. The molecule has 0 aliphatic rings. The van der Waals surface area contributed by atoms with Crippen LogP contribution in [-0.4, -0.2) is 13.2 Å². The molecule has 18 heavy (non-hydrogen) atoms. The van der Waals surface area contributed by atoms with Crippen molar-refractivity contribution in [3.63, 3.8) is 0 Å². The van der Waals surface area contributed by atoms with Crippen molar-refractivity contribution in [3.05, 3.63) is 35.1 Å². The maximum Gasteiger partial charge on any atom is 0.351 e. The van der Waals surface area contributed by atoms with E-state index in [-0.39, 0.29) is 19.0 Å². The number of halogens is 1. The van der Waals surface area contributed by atoms with Gasteiger partial charge in [0.05, 0.1) is 13.2 Å². The lowest BCUT2D eigenvalue weighted by molar-refractivity contribution is 0.212. The molecular weight excluding hydrogens is 256 g/mol. The molecule has 0 heterocycles. The van der Waals surface area contributed by atoms with Gasteiger partial charge in [-0.05, 0) is 38.0 Å². The summed E-state index contributed by atoms with van der Waals surface area (Å²) in [4.78, 5) is 0. The first-order valence-corrected chi connectivity index (χ1v) is 7.46. The van der Waals surface area contributed by atoms with Crippen LogP contribution in [0.4, 0.5) is 4.39 Å². The second-order valence-electron chi connectivity index (χ2n) is 3.83. The van der Waals surface area contributed by atoms with Crippen LogP contribution in [0.2, 0.25) is 0 Å². The second-order valence-corrected chi connectivity index (χ2v) is 5.98. The minimum absolute atomic E-state index is 0.241. The monoisotopic (exact) mass is 275 g/mol. The fourth-order valence-corrected chi connectivity index (χ4v) is 3.23. The highest BCUT2D eigenvalue weighted by molar-refractivity contribution is 7.54. The molecule has 0 unspecified atom stereocenters. The Kier molecular flexibility index (Phi) is 5.47. The van der Waals surface area contributed by atoms with E-state index >= 15 is 0 Å². The van der Waals surface area contributed by atoms with Gasteiger partial charge in [0.1, 0.15) is 11.6 Å². The van der Waals surface area contributed by atoms with Crippen LogP contribution in [0.25, 0.3) is 0 Å². The Balaban J connectivity index is 3.05. The summed E-state index contributed by atoms with van der Waals surface area (Å²) in [5.74, 6) is -1.23. The highest BCUT2D eigenvalue weighted by atomic mass is 31.2. The summed E-state index contributed by atoms with van der Waals surface area (Å²) in [5, 5.41) is 0. The normalized spacial score (nSPS) is 13.6. The largest absolute Gasteiger partial charge is 0.351 e. The molecule has 0 spiro atoms. The van der Waals surface area contributed by atoms with Gasteiger partial charge in [-0.1, -0.05) is 12.1 Å². The van der Waals surface area contributed by atoms with Gasteiger partial charge >= 0.3 is 7.60 Å². The van der Waals surface area contributed by atoms with E-state index in [1.807, 2.05) is 0 Å². The van der Waals surface area contributed by atoms with Crippen molar-refractivity contribution >= 4 is 7.60 Å². The zero-order chi connectivity index (χ0) is 13.8. The number of benzene rings is 1. The Labute approximate surface area is 107 Å². The Morgan fingerprint density at radius 3 is 2.33 bits per heavy atom. The van der Waals surface area contributed by atoms with Crippen molar-refractivity contribution in [2.75, 3.05) is 13.2 Å². The van der Waals surface area contributed by atoms with Crippen LogP contribution in [0, 0.1) is 12.7 Å². The molecule has 6 heteroatoms. The van der Waals surface area contributed by atoms with Gasteiger partial charge in [0.25, 0.3) is 0 Å². The third-order valence-electron chi connectivity index (χ3n) is 2.48. The van der Waals surface area contributed by atoms with Gasteiger partial charge in [0.15, 0.2) is 0 Å². The quantitative estimate of drug-likeness (QED) is 0.809. The zero-order valence-electron chi connectivity index (χ0n) is 10.9. The van der Waals surface area contributed by atoms with Gasteiger partial charge in [-0.25, -0.2) is 4.39 Å².